The lowest BCUT2D eigenvalue weighted by Gasteiger charge is -2.23. The molecular weight excluding hydrogens is 693 g/mol. The van der Waals surface area contributed by atoms with Gasteiger partial charge in [0.15, 0.2) is 0 Å². The number of aromatic carboxylic acids is 1. The molecule has 0 fully saturated rings. The lowest BCUT2D eigenvalue weighted by molar-refractivity contribution is 0.0599. The van der Waals surface area contributed by atoms with Gasteiger partial charge in [-0.05, 0) is 48.5 Å². The number of ether oxygens (including phenoxy) is 3. The van der Waals surface area contributed by atoms with Crippen LogP contribution in [0.1, 0.15) is 32.4 Å². The number of benzene rings is 2. The number of carboxylic acid groups (broad SMARTS) is 1. The molecule has 2 aromatic heterocycles. The van der Waals surface area contributed by atoms with E-state index < -0.39 is 44.3 Å². The monoisotopic (exact) mass is 723 g/mol. The first-order chi connectivity index (χ1) is 25.4. The number of hydrogen-bond acceptors (Lipinski definition) is 7. The third-order valence-corrected chi connectivity index (χ3v) is 7.40. The summed E-state index contributed by atoms with van der Waals surface area (Å²) in [6, 6.07) is 13.1. The van der Waals surface area contributed by atoms with Gasteiger partial charge in [0.1, 0.15) is 36.4 Å². The molecule has 30 heteroatoms. The first kappa shape index (κ1) is 51.9. The smallest absolute Gasteiger partial charge is 0.337 e. The number of aryl methyl sites for hydroxylation is 2. The largest absolute Gasteiger partial charge is 0.486 e. The van der Waals surface area contributed by atoms with Gasteiger partial charge in [0, 0.05) is 176 Å². The van der Waals surface area contributed by atoms with Crippen molar-refractivity contribution in [3.8, 4) is 11.5 Å². The number of carbonyl (C=O) groups excluding carboxylic acids is 1. The van der Waals surface area contributed by atoms with Gasteiger partial charge >= 0.3 is 11.9 Å². The van der Waals surface area contributed by atoms with Crippen molar-refractivity contribution < 1.29 is 28.9 Å². The molecule has 247 valence electrons. The maximum absolute atomic E-state index is 11.2. The molecule has 2 aromatic carbocycles. The standard InChI is InChI=1S/C13H14N2O3.C12H12N2O3.B10.B9.ClH/c1-15-8-7-14-12(15)9-18-11-5-3-10(4-6-11)13(16)17-2;1-14-7-6-13-11(14)8-17-10-4-2-9(3-5-10)12(15)16;1-7(2)10(8(3)4)9(5)6;1-6-9(7(2)3)8(4)5;/h3-8H,9H2,1-2H3;2-7H,8H2,1H3,(H,15,16);;;1H. The number of rotatable bonds is 14. The average molecular weight is 720 g/mol. The summed E-state index contributed by atoms with van der Waals surface area (Å²) in [6.45, 7) is 0.747. The molecule has 0 amide bonds. The highest BCUT2D eigenvalue weighted by atomic mass is 35.5. The summed E-state index contributed by atoms with van der Waals surface area (Å²) in [7, 11) is 64.4. The second-order valence-corrected chi connectivity index (χ2v) is 11.6. The number of carbonyl (C=O) groups is 2. The van der Waals surface area contributed by atoms with Gasteiger partial charge in [-0.3, -0.25) is 0 Å². The van der Waals surface area contributed by atoms with Crippen LogP contribution in [0.4, 0.5) is 0 Å². The molecular formula is C25H27B19ClN4O6. The molecule has 10 nitrogen and oxygen atoms in total. The molecule has 2 heterocycles. The summed E-state index contributed by atoms with van der Waals surface area (Å²) in [5, 5.41) is 8.74. The van der Waals surface area contributed by atoms with Crippen molar-refractivity contribution in [3.63, 3.8) is 0 Å². The van der Waals surface area contributed by atoms with E-state index in [-0.39, 0.29) is 30.3 Å². The summed E-state index contributed by atoms with van der Waals surface area (Å²) in [4.78, 5) is 30.2. The van der Waals surface area contributed by atoms with Crippen molar-refractivity contribution in [2.24, 2.45) is 14.1 Å². The highest BCUT2D eigenvalue weighted by Gasteiger charge is 2.24. The van der Waals surface area contributed by atoms with Gasteiger partial charge in [-0.2, -0.15) is 0 Å². The van der Waals surface area contributed by atoms with E-state index in [1.54, 1.807) is 48.8 Å². The molecule has 0 atom stereocenters. The van der Waals surface area contributed by atoms with Gasteiger partial charge in [0.25, 0.3) is 0 Å². The van der Waals surface area contributed by atoms with Crippen molar-refractivity contribution >= 4 is 161 Å². The van der Waals surface area contributed by atoms with E-state index in [9.17, 15) is 9.59 Å². The molecule has 4 aromatic rings. The topological polar surface area (TPSA) is 118 Å². The van der Waals surface area contributed by atoms with E-state index in [0.29, 0.717) is 30.3 Å². The molecule has 23 radical (unpaired) electrons. The molecule has 4 rings (SSSR count). The summed E-state index contributed by atoms with van der Waals surface area (Å²) in [5.41, 5.74) is 0.746. The van der Waals surface area contributed by atoms with Crippen molar-refractivity contribution in [2.75, 3.05) is 7.11 Å². The predicted octanol–water partition coefficient (Wildman–Crippen LogP) is -3.33. The Bertz CT molecular complexity index is 1630. The number of aromatic nitrogens is 4. The molecule has 0 aliphatic carbocycles. The van der Waals surface area contributed by atoms with Crippen LogP contribution in [-0.2, 0) is 32.0 Å². The minimum Gasteiger partial charge on any atom is -0.486 e. The fourth-order valence-electron chi connectivity index (χ4n) is 4.15. The number of methoxy groups -OCH3 is 1. The van der Waals surface area contributed by atoms with Crippen LogP contribution < -0.4 is 9.47 Å². The summed E-state index contributed by atoms with van der Waals surface area (Å²) >= 11 is 0. The normalized spacial score (nSPS) is 9.29. The maximum Gasteiger partial charge on any atom is 0.337 e. The van der Waals surface area contributed by atoms with E-state index in [4.69, 9.17) is 99.7 Å². The second kappa shape index (κ2) is 27.5. The summed E-state index contributed by atoms with van der Waals surface area (Å²) in [5.74, 6) is 1.66. The van der Waals surface area contributed by atoms with Crippen molar-refractivity contribution in [1.82, 2.24) is 19.1 Å². The zero-order valence-corrected chi connectivity index (χ0v) is 31.8. The number of esters is 1. The van der Waals surface area contributed by atoms with E-state index in [1.165, 1.54) is 26.3 Å². The van der Waals surface area contributed by atoms with Crippen LogP contribution in [0.15, 0.2) is 73.3 Å². The van der Waals surface area contributed by atoms with Crippen molar-refractivity contribution in [3.05, 3.63) is 96.1 Å². The Morgan fingerprint density at radius 1 is 0.673 bits per heavy atom. The van der Waals surface area contributed by atoms with Crippen LogP contribution in [0.3, 0.4) is 0 Å². The van der Waals surface area contributed by atoms with E-state index in [0.717, 1.165) is 11.6 Å². The zero-order chi connectivity index (χ0) is 41.0. The number of halogens is 1. The number of carboxylic acids is 1. The van der Waals surface area contributed by atoms with E-state index in [2.05, 4.69) is 14.7 Å². The van der Waals surface area contributed by atoms with Crippen LogP contribution in [0.25, 0.3) is 0 Å². The molecule has 0 spiro atoms. The minimum absolute atomic E-state index is 0. The van der Waals surface area contributed by atoms with Gasteiger partial charge < -0.3 is 28.5 Å². The first-order valence-electron chi connectivity index (χ1n) is 16.2. The fraction of sp³-hybridized carbons (Fsp3) is 0.200. The third-order valence-electron chi connectivity index (χ3n) is 7.40. The average Bonchev–Trinajstić information content (AvgIpc) is 3.73. The van der Waals surface area contributed by atoms with Crippen LogP contribution >= 0.6 is 12.4 Å². The van der Waals surface area contributed by atoms with Crippen molar-refractivity contribution in [2.45, 2.75) is 13.2 Å². The van der Waals surface area contributed by atoms with Gasteiger partial charge in [-0.1, -0.05) is 0 Å². The number of hydrogen-bond donors (Lipinski definition) is 1. The van der Waals surface area contributed by atoms with Gasteiger partial charge in [-0.25, -0.2) is 19.6 Å². The Morgan fingerprint density at radius 3 is 1.25 bits per heavy atom. The number of imidazole rings is 2. The number of nitrogens with zero attached hydrogens (tertiary/aromatic N) is 4. The fourth-order valence-corrected chi connectivity index (χ4v) is 4.15. The molecule has 0 saturated carbocycles. The summed E-state index contributed by atoms with van der Waals surface area (Å²) < 4.78 is 19.4. The Kier molecular flexibility index (Phi) is 26.0. The van der Waals surface area contributed by atoms with Crippen LogP contribution in [0.5, 0.6) is 11.5 Å². The Morgan fingerprint density at radius 2 is 1.04 bits per heavy atom. The first-order valence-corrected chi connectivity index (χ1v) is 16.2. The predicted molar refractivity (Wildman–Crippen MR) is 243 cm³/mol. The Labute approximate surface area is 349 Å². The van der Waals surface area contributed by atoms with E-state index >= 15 is 0 Å². The van der Waals surface area contributed by atoms with E-state index in [1.807, 2.05) is 35.6 Å². The molecule has 1 N–H and O–H groups in total. The van der Waals surface area contributed by atoms with Gasteiger partial charge in [-0.15, -0.1) is 12.4 Å². The second-order valence-electron chi connectivity index (χ2n) is 11.6. The molecule has 0 saturated heterocycles. The lowest BCUT2D eigenvalue weighted by Crippen LogP contribution is -2.62. The van der Waals surface area contributed by atoms with Crippen LogP contribution in [0.2, 0.25) is 0 Å². The molecule has 0 unspecified atom stereocenters. The third kappa shape index (κ3) is 19.6. The molecule has 55 heavy (non-hydrogen) atoms. The maximum atomic E-state index is 11.2. The lowest BCUT2D eigenvalue weighted by atomic mass is 8.58. The van der Waals surface area contributed by atoms with Crippen LogP contribution in [-0.4, -0.2) is 180 Å². The SMILES string of the molecule is COC(=O)c1ccc(OCc2nccn2C)cc1.Cl.Cn1ccnc1COc1ccc(C(=O)O)cc1.[B]B([B])B(B([B])[B])B([B])[B].[B][B]B(B([B])[B])B([B])[B]. The van der Waals surface area contributed by atoms with Crippen LogP contribution in [0, 0.1) is 0 Å². The molecule has 0 aliphatic heterocycles. The van der Waals surface area contributed by atoms with Crippen molar-refractivity contribution in [1.29, 1.82) is 0 Å². The van der Waals surface area contributed by atoms with Gasteiger partial charge in [0.05, 0.1) is 18.2 Å². The van der Waals surface area contributed by atoms with Gasteiger partial charge in [0.2, 0.25) is 0 Å². The zero-order valence-electron chi connectivity index (χ0n) is 31.0. The molecule has 0 bridgehead atoms. The Balaban J connectivity index is 0.000000735. The highest BCUT2D eigenvalue weighted by molar-refractivity contribution is 8.00. The summed E-state index contributed by atoms with van der Waals surface area (Å²) in [6.07, 6.45) is 3.21. The minimum atomic E-state index is -0.944. The highest BCUT2D eigenvalue weighted by Crippen LogP contribution is 2.15. The Hall–Kier alpha value is -3.08. The quantitative estimate of drug-likeness (QED) is 0.106. The molecule has 0 aliphatic rings.